The first-order valence-electron chi connectivity index (χ1n) is 6.51. The van der Waals surface area contributed by atoms with Gasteiger partial charge in [0, 0.05) is 12.6 Å². The van der Waals surface area contributed by atoms with Crippen LogP contribution in [0.4, 0.5) is 5.13 Å². The summed E-state index contributed by atoms with van der Waals surface area (Å²) in [6.45, 7) is 5.38. The number of rotatable bonds is 4. The summed E-state index contributed by atoms with van der Waals surface area (Å²) in [6, 6.07) is 0.610. The lowest BCUT2D eigenvalue weighted by molar-refractivity contribution is 0.112. The molecule has 1 aliphatic heterocycles. The second-order valence-corrected chi connectivity index (χ2v) is 5.54. The zero-order chi connectivity index (χ0) is 12.3. The van der Waals surface area contributed by atoms with Gasteiger partial charge >= 0.3 is 0 Å². The van der Waals surface area contributed by atoms with Gasteiger partial charge in [0.05, 0.1) is 10.6 Å². The van der Waals surface area contributed by atoms with E-state index in [0.29, 0.717) is 6.04 Å². The minimum absolute atomic E-state index is 0.610. The van der Waals surface area contributed by atoms with E-state index in [2.05, 4.69) is 23.7 Å². The van der Waals surface area contributed by atoms with Crippen LogP contribution in [0.15, 0.2) is 0 Å². The van der Waals surface area contributed by atoms with Crippen LogP contribution in [-0.4, -0.2) is 23.9 Å². The normalized spacial score (nSPS) is 20.6. The quantitative estimate of drug-likeness (QED) is 0.771. The molecule has 0 aromatic carbocycles. The van der Waals surface area contributed by atoms with Crippen molar-refractivity contribution in [3.63, 3.8) is 0 Å². The highest BCUT2D eigenvalue weighted by atomic mass is 32.1. The first-order valence-corrected chi connectivity index (χ1v) is 7.33. The maximum absolute atomic E-state index is 11.0. The Bertz CT molecular complexity index is 389. The molecule has 0 amide bonds. The third-order valence-electron chi connectivity index (χ3n) is 3.50. The van der Waals surface area contributed by atoms with Gasteiger partial charge in [0.1, 0.15) is 0 Å². The van der Waals surface area contributed by atoms with Crippen LogP contribution < -0.4 is 4.90 Å². The summed E-state index contributed by atoms with van der Waals surface area (Å²) in [6.07, 6.45) is 6.78. The molecule has 94 valence electrons. The summed E-state index contributed by atoms with van der Waals surface area (Å²) < 4.78 is 0. The van der Waals surface area contributed by atoms with E-state index in [1.807, 2.05) is 0 Å². The van der Waals surface area contributed by atoms with Crippen molar-refractivity contribution in [3.8, 4) is 0 Å². The van der Waals surface area contributed by atoms with Crippen LogP contribution in [0.3, 0.4) is 0 Å². The molecule has 1 saturated heterocycles. The number of piperidine rings is 1. The van der Waals surface area contributed by atoms with Gasteiger partial charge in [-0.05, 0) is 32.1 Å². The van der Waals surface area contributed by atoms with Crippen molar-refractivity contribution in [2.45, 2.75) is 52.0 Å². The first kappa shape index (κ1) is 12.6. The van der Waals surface area contributed by atoms with Gasteiger partial charge < -0.3 is 4.90 Å². The number of anilines is 1. The Balaban J connectivity index is 2.25. The molecule has 0 saturated carbocycles. The van der Waals surface area contributed by atoms with Crippen molar-refractivity contribution in [2.75, 3.05) is 11.4 Å². The molecule has 1 fully saturated rings. The van der Waals surface area contributed by atoms with Crippen LogP contribution in [0, 0.1) is 0 Å². The summed E-state index contributed by atoms with van der Waals surface area (Å²) in [4.78, 5) is 18.8. The molecule has 1 aromatic rings. The number of nitrogens with zero attached hydrogens (tertiary/aromatic N) is 2. The number of aldehydes is 1. The van der Waals surface area contributed by atoms with Crippen molar-refractivity contribution < 1.29 is 4.79 Å². The fourth-order valence-corrected chi connectivity index (χ4v) is 3.56. The predicted molar refractivity (Wildman–Crippen MR) is 72.2 cm³/mol. The van der Waals surface area contributed by atoms with Gasteiger partial charge in [0.15, 0.2) is 11.4 Å². The Morgan fingerprint density at radius 1 is 1.47 bits per heavy atom. The Morgan fingerprint density at radius 3 is 2.88 bits per heavy atom. The second-order valence-electron chi connectivity index (χ2n) is 4.53. The Morgan fingerprint density at radius 2 is 2.29 bits per heavy atom. The maximum atomic E-state index is 11.0. The monoisotopic (exact) mass is 252 g/mol. The van der Waals surface area contributed by atoms with E-state index in [1.54, 1.807) is 11.3 Å². The van der Waals surface area contributed by atoms with Crippen LogP contribution in [-0.2, 0) is 6.42 Å². The summed E-state index contributed by atoms with van der Waals surface area (Å²) in [5, 5.41) is 1.05. The third kappa shape index (κ3) is 2.51. The molecule has 2 heterocycles. The van der Waals surface area contributed by atoms with Crippen molar-refractivity contribution in [2.24, 2.45) is 0 Å². The van der Waals surface area contributed by atoms with Crippen LogP contribution >= 0.6 is 11.3 Å². The molecule has 1 aromatic heterocycles. The average molecular weight is 252 g/mol. The predicted octanol–water partition coefficient (Wildman–Crippen LogP) is 3.29. The zero-order valence-corrected chi connectivity index (χ0v) is 11.4. The van der Waals surface area contributed by atoms with E-state index in [4.69, 9.17) is 0 Å². The Labute approximate surface area is 107 Å². The number of hydrogen-bond donors (Lipinski definition) is 0. The van der Waals surface area contributed by atoms with Crippen molar-refractivity contribution >= 4 is 22.8 Å². The molecule has 1 aliphatic rings. The van der Waals surface area contributed by atoms with E-state index in [9.17, 15) is 4.79 Å². The lowest BCUT2D eigenvalue weighted by Gasteiger charge is -2.35. The smallest absolute Gasteiger partial charge is 0.186 e. The molecule has 1 unspecified atom stereocenters. The molecular weight excluding hydrogens is 232 g/mol. The summed E-state index contributed by atoms with van der Waals surface area (Å²) in [7, 11) is 0. The van der Waals surface area contributed by atoms with Crippen LogP contribution in [0.2, 0.25) is 0 Å². The molecule has 0 N–H and O–H groups in total. The van der Waals surface area contributed by atoms with Gasteiger partial charge in [-0.15, -0.1) is 0 Å². The van der Waals surface area contributed by atoms with E-state index < -0.39 is 0 Å². The van der Waals surface area contributed by atoms with Crippen LogP contribution in [0.25, 0.3) is 0 Å². The zero-order valence-electron chi connectivity index (χ0n) is 10.6. The Hall–Kier alpha value is -0.900. The maximum Gasteiger partial charge on any atom is 0.186 e. The van der Waals surface area contributed by atoms with Gasteiger partial charge in [0.2, 0.25) is 0 Å². The Kier molecular flexibility index (Phi) is 4.15. The molecule has 0 radical (unpaired) electrons. The third-order valence-corrected chi connectivity index (χ3v) is 4.56. The lowest BCUT2D eigenvalue weighted by Crippen LogP contribution is -2.39. The standard InChI is InChI=1S/C13H20N2OS/c1-3-10-7-5-6-8-15(10)13-14-11(4-2)12(9-16)17-13/h9-10H,3-8H2,1-2H3. The molecule has 0 bridgehead atoms. The number of hydrogen-bond acceptors (Lipinski definition) is 4. The number of aromatic nitrogens is 1. The summed E-state index contributed by atoms with van der Waals surface area (Å²) in [5.41, 5.74) is 0.959. The number of aryl methyl sites for hydroxylation is 1. The molecule has 0 spiro atoms. The topological polar surface area (TPSA) is 33.2 Å². The molecule has 4 heteroatoms. The van der Waals surface area contributed by atoms with E-state index in [0.717, 1.165) is 41.4 Å². The fraction of sp³-hybridized carbons (Fsp3) is 0.692. The largest absolute Gasteiger partial charge is 0.345 e. The lowest BCUT2D eigenvalue weighted by atomic mass is 10.0. The highest BCUT2D eigenvalue weighted by Crippen LogP contribution is 2.31. The SMILES string of the molecule is CCc1nc(N2CCCCC2CC)sc1C=O. The highest BCUT2D eigenvalue weighted by molar-refractivity contribution is 7.17. The van der Waals surface area contributed by atoms with Gasteiger partial charge in [-0.25, -0.2) is 4.98 Å². The highest BCUT2D eigenvalue weighted by Gasteiger charge is 2.24. The van der Waals surface area contributed by atoms with Crippen molar-refractivity contribution in [1.82, 2.24) is 4.98 Å². The minimum Gasteiger partial charge on any atom is -0.345 e. The van der Waals surface area contributed by atoms with E-state index in [1.165, 1.54) is 19.3 Å². The molecule has 17 heavy (non-hydrogen) atoms. The summed E-state index contributed by atoms with van der Waals surface area (Å²) >= 11 is 1.56. The van der Waals surface area contributed by atoms with Gasteiger partial charge in [-0.3, -0.25) is 4.79 Å². The average Bonchev–Trinajstić information content (AvgIpc) is 2.81. The van der Waals surface area contributed by atoms with E-state index >= 15 is 0 Å². The minimum atomic E-state index is 0.610. The molecule has 1 atom stereocenters. The first-order chi connectivity index (χ1) is 8.30. The fourth-order valence-electron chi connectivity index (χ4n) is 2.50. The van der Waals surface area contributed by atoms with Crippen molar-refractivity contribution in [1.29, 1.82) is 0 Å². The molecule has 3 nitrogen and oxygen atoms in total. The van der Waals surface area contributed by atoms with Gasteiger partial charge in [-0.2, -0.15) is 0 Å². The molecule has 0 aliphatic carbocycles. The number of carbonyl (C=O) groups excluding carboxylic acids is 1. The molecular formula is C13H20N2OS. The molecule has 2 rings (SSSR count). The van der Waals surface area contributed by atoms with Gasteiger partial charge in [-0.1, -0.05) is 25.2 Å². The van der Waals surface area contributed by atoms with Crippen LogP contribution in [0.1, 0.15) is 54.9 Å². The van der Waals surface area contributed by atoms with Gasteiger partial charge in [0.25, 0.3) is 0 Å². The van der Waals surface area contributed by atoms with Crippen molar-refractivity contribution in [3.05, 3.63) is 10.6 Å². The summed E-state index contributed by atoms with van der Waals surface area (Å²) in [5.74, 6) is 0. The van der Waals surface area contributed by atoms with E-state index in [-0.39, 0.29) is 0 Å². The van der Waals surface area contributed by atoms with Crippen LogP contribution in [0.5, 0.6) is 0 Å². The number of carbonyl (C=O) groups is 1. The number of thiazole rings is 1. The second kappa shape index (κ2) is 5.63.